The third-order valence-corrected chi connectivity index (χ3v) is 3.24. The van der Waals surface area contributed by atoms with E-state index in [2.05, 4.69) is 39.9 Å². The second-order valence-electron chi connectivity index (χ2n) is 5.24. The highest BCUT2D eigenvalue weighted by Crippen LogP contribution is 2.06. The number of hydrogen-bond acceptors (Lipinski definition) is 3. The first-order chi connectivity index (χ1) is 8.25. The SMILES string of the molecule is CC(C)Cn1nccc1CCN1CCNCC1. The van der Waals surface area contributed by atoms with Gasteiger partial charge in [-0.05, 0) is 12.0 Å². The van der Waals surface area contributed by atoms with Crippen LogP contribution < -0.4 is 5.32 Å². The van der Waals surface area contributed by atoms with Crippen molar-refractivity contribution in [2.75, 3.05) is 32.7 Å². The van der Waals surface area contributed by atoms with Crippen molar-refractivity contribution >= 4 is 0 Å². The third kappa shape index (κ3) is 3.82. The summed E-state index contributed by atoms with van der Waals surface area (Å²) in [5.41, 5.74) is 1.37. The molecule has 4 nitrogen and oxygen atoms in total. The van der Waals surface area contributed by atoms with Crippen LogP contribution >= 0.6 is 0 Å². The quantitative estimate of drug-likeness (QED) is 0.827. The van der Waals surface area contributed by atoms with Crippen molar-refractivity contribution in [3.8, 4) is 0 Å². The molecule has 2 rings (SSSR count). The van der Waals surface area contributed by atoms with Gasteiger partial charge in [0.2, 0.25) is 0 Å². The highest BCUT2D eigenvalue weighted by atomic mass is 15.3. The summed E-state index contributed by atoms with van der Waals surface area (Å²) in [4.78, 5) is 2.53. The van der Waals surface area contributed by atoms with Crippen molar-refractivity contribution in [2.24, 2.45) is 5.92 Å². The summed E-state index contributed by atoms with van der Waals surface area (Å²) in [6, 6.07) is 2.16. The zero-order valence-corrected chi connectivity index (χ0v) is 11.0. The maximum atomic E-state index is 4.41. The monoisotopic (exact) mass is 236 g/mol. The second-order valence-corrected chi connectivity index (χ2v) is 5.24. The van der Waals surface area contributed by atoms with Crippen LogP contribution in [-0.2, 0) is 13.0 Å². The minimum absolute atomic E-state index is 0.660. The zero-order chi connectivity index (χ0) is 12.1. The summed E-state index contributed by atoms with van der Waals surface area (Å²) in [6.07, 6.45) is 3.04. The van der Waals surface area contributed by atoms with Crippen molar-refractivity contribution in [1.29, 1.82) is 0 Å². The maximum Gasteiger partial charge on any atom is 0.0492 e. The van der Waals surface area contributed by atoms with Crippen LogP contribution in [-0.4, -0.2) is 47.4 Å². The molecule has 0 amide bonds. The average Bonchev–Trinajstić information content (AvgIpc) is 2.74. The van der Waals surface area contributed by atoms with Gasteiger partial charge < -0.3 is 10.2 Å². The van der Waals surface area contributed by atoms with Crippen molar-refractivity contribution in [3.05, 3.63) is 18.0 Å². The van der Waals surface area contributed by atoms with Gasteiger partial charge in [0.05, 0.1) is 0 Å². The van der Waals surface area contributed by atoms with Gasteiger partial charge in [-0.25, -0.2) is 0 Å². The fourth-order valence-electron chi connectivity index (χ4n) is 2.29. The lowest BCUT2D eigenvalue weighted by Crippen LogP contribution is -2.44. The number of nitrogens with zero attached hydrogens (tertiary/aromatic N) is 3. The van der Waals surface area contributed by atoms with E-state index in [1.807, 2.05) is 6.20 Å². The minimum Gasteiger partial charge on any atom is -0.314 e. The van der Waals surface area contributed by atoms with Crippen LogP contribution in [0.25, 0.3) is 0 Å². The lowest BCUT2D eigenvalue weighted by Gasteiger charge is -2.27. The van der Waals surface area contributed by atoms with Crippen LogP contribution in [0.5, 0.6) is 0 Å². The molecule has 1 N–H and O–H groups in total. The molecule has 0 spiro atoms. The summed E-state index contributed by atoms with van der Waals surface area (Å²) in [5.74, 6) is 0.660. The number of nitrogens with one attached hydrogen (secondary N) is 1. The molecular weight excluding hydrogens is 212 g/mol. The summed E-state index contributed by atoms with van der Waals surface area (Å²) < 4.78 is 2.16. The van der Waals surface area contributed by atoms with Gasteiger partial charge in [-0.2, -0.15) is 5.10 Å². The van der Waals surface area contributed by atoms with Gasteiger partial charge in [0.25, 0.3) is 0 Å². The fraction of sp³-hybridized carbons (Fsp3) is 0.769. The highest BCUT2D eigenvalue weighted by Gasteiger charge is 2.11. The molecule has 0 atom stereocenters. The first-order valence-corrected chi connectivity index (χ1v) is 6.69. The first kappa shape index (κ1) is 12.6. The Balaban J connectivity index is 1.83. The molecule has 4 heteroatoms. The molecule has 0 unspecified atom stereocenters. The summed E-state index contributed by atoms with van der Waals surface area (Å²) in [6.45, 7) is 11.3. The normalized spacial score (nSPS) is 17.8. The predicted molar refractivity (Wildman–Crippen MR) is 70.1 cm³/mol. The molecule has 1 aromatic heterocycles. The van der Waals surface area contributed by atoms with Crippen LogP contribution in [0.4, 0.5) is 0 Å². The standard InChI is InChI=1S/C13H24N4/c1-12(2)11-17-13(3-5-15-17)4-8-16-9-6-14-7-10-16/h3,5,12,14H,4,6-11H2,1-2H3. The van der Waals surface area contributed by atoms with Crippen molar-refractivity contribution in [2.45, 2.75) is 26.8 Å². The van der Waals surface area contributed by atoms with Gasteiger partial charge in [0, 0.05) is 57.6 Å². The van der Waals surface area contributed by atoms with E-state index in [4.69, 9.17) is 0 Å². The molecule has 0 bridgehead atoms. The number of aromatic nitrogens is 2. The van der Waals surface area contributed by atoms with Crippen LogP contribution in [0.1, 0.15) is 19.5 Å². The van der Waals surface area contributed by atoms with Crippen molar-refractivity contribution in [3.63, 3.8) is 0 Å². The van der Waals surface area contributed by atoms with Crippen molar-refractivity contribution in [1.82, 2.24) is 20.0 Å². The molecule has 1 aliphatic heterocycles. The molecular formula is C13H24N4. The molecule has 1 aromatic rings. The average molecular weight is 236 g/mol. The van der Waals surface area contributed by atoms with Gasteiger partial charge in [-0.1, -0.05) is 13.8 Å². The van der Waals surface area contributed by atoms with E-state index in [-0.39, 0.29) is 0 Å². The van der Waals surface area contributed by atoms with E-state index in [9.17, 15) is 0 Å². The Hall–Kier alpha value is -0.870. The Labute approximate surface area is 104 Å². The predicted octanol–water partition coefficient (Wildman–Crippen LogP) is 0.987. The first-order valence-electron chi connectivity index (χ1n) is 6.69. The van der Waals surface area contributed by atoms with Crippen LogP contribution in [0.3, 0.4) is 0 Å². The largest absolute Gasteiger partial charge is 0.314 e. The van der Waals surface area contributed by atoms with Gasteiger partial charge >= 0.3 is 0 Å². The van der Waals surface area contributed by atoms with E-state index in [1.54, 1.807) is 0 Å². The van der Waals surface area contributed by atoms with Gasteiger partial charge in [-0.3, -0.25) is 4.68 Å². The fourth-order valence-corrected chi connectivity index (χ4v) is 2.29. The van der Waals surface area contributed by atoms with E-state index in [0.29, 0.717) is 5.92 Å². The Morgan fingerprint density at radius 1 is 1.35 bits per heavy atom. The van der Waals surface area contributed by atoms with Crippen molar-refractivity contribution < 1.29 is 0 Å². The molecule has 1 aliphatic rings. The van der Waals surface area contributed by atoms with E-state index in [1.165, 1.54) is 18.8 Å². The molecule has 0 radical (unpaired) electrons. The smallest absolute Gasteiger partial charge is 0.0492 e. The molecule has 17 heavy (non-hydrogen) atoms. The van der Waals surface area contributed by atoms with Gasteiger partial charge in [0.1, 0.15) is 0 Å². The van der Waals surface area contributed by atoms with Crippen LogP contribution in [0.15, 0.2) is 12.3 Å². The molecule has 0 saturated carbocycles. The van der Waals surface area contributed by atoms with Crippen LogP contribution in [0.2, 0.25) is 0 Å². The van der Waals surface area contributed by atoms with Crippen LogP contribution in [0, 0.1) is 5.92 Å². The maximum absolute atomic E-state index is 4.41. The van der Waals surface area contributed by atoms with E-state index in [0.717, 1.165) is 32.6 Å². The molecule has 0 aliphatic carbocycles. The lowest BCUT2D eigenvalue weighted by atomic mass is 10.2. The summed E-state index contributed by atoms with van der Waals surface area (Å²) in [7, 11) is 0. The van der Waals surface area contributed by atoms with E-state index >= 15 is 0 Å². The Kier molecular flexibility index (Phi) is 4.57. The number of hydrogen-bond donors (Lipinski definition) is 1. The number of piperazine rings is 1. The zero-order valence-electron chi connectivity index (χ0n) is 11.0. The molecule has 1 saturated heterocycles. The molecule has 96 valence electrons. The molecule has 2 heterocycles. The second kappa shape index (κ2) is 6.17. The summed E-state index contributed by atoms with van der Waals surface area (Å²) >= 11 is 0. The van der Waals surface area contributed by atoms with Gasteiger partial charge in [0.15, 0.2) is 0 Å². The Bertz CT molecular complexity index is 326. The molecule has 0 aromatic carbocycles. The third-order valence-electron chi connectivity index (χ3n) is 3.24. The number of rotatable bonds is 5. The van der Waals surface area contributed by atoms with E-state index < -0.39 is 0 Å². The highest BCUT2D eigenvalue weighted by molar-refractivity contribution is 5.01. The topological polar surface area (TPSA) is 33.1 Å². The Morgan fingerprint density at radius 2 is 2.12 bits per heavy atom. The summed E-state index contributed by atoms with van der Waals surface area (Å²) in [5, 5.41) is 7.79. The minimum atomic E-state index is 0.660. The Morgan fingerprint density at radius 3 is 2.82 bits per heavy atom. The van der Waals surface area contributed by atoms with Gasteiger partial charge in [-0.15, -0.1) is 0 Å². The molecule has 1 fully saturated rings. The lowest BCUT2D eigenvalue weighted by molar-refractivity contribution is 0.241.